The van der Waals surface area contributed by atoms with Crippen molar-refractivity contribution in [1.29, 1.82) is 0 Å². The van der Waals surface area contributed by atoms with E-state index in [2.05, 4.69) is 71.9 Å². The average molecular weight is 345 g/mol. The highest BCUT2D eigenvalue weighted by atomic mass is 19.1. The van der Waals surface area contributed by atoms with Crippen LogP contribution in [-0.2, 0) is 12.8 Å². The zero-order valence-electron chi connectivity index (χ0n) is 17.5. The molecule has 140 valence electrons. The van der Waals surface area contributed by atoms with E-state index in [-0.39, 0.29) is 11.2 Å². The lowest BCUT2D eigenvalue weighted by Crippen LogP contribution is -2.08. The van der Waals surface area contributed by atoms with Crippen LogP contribution < -0.4 is 0 Å². The first-order chi connectivity index (χ1) is 11.6. The van der Waals surface area contributed by atoms with Gasteiger partial charge in [0.05, 0.1) is 0 Å². The molecule has 2 aromatic carbocycles. The number of halogens is 1. The largest absolute Gasteiger partial charge is 0.207 e. The smallest absolute Gasteiger partial charge is 0.123 e. The van der Waals surface area contributed by atoms with Crippen molar-refractivity contribution in [3.63, 3.8) is 0 Å². The van der Waals surface area contributed by atoms with Crippen molar-refractivity contribution in [3.8, 4) is 0 Å². The molecule has 0 aromatic heterocycles. The van der Waals surface area contributed by atoms with Crippen molar-refractivity contribution < 1.29 is 4.39 Å². The molecule has 0 unspecified atom stereocenters. The zero-order chi connectivity index (χ0) is 19.5. The summed E-state index contributed by atoms with van der Waals surface area (Å²) in [6.07, 6.45) is 2.15. The van der Waals surface area contributed by atoms with Crippen LogP contribution in [0.3, 0.4) is 0 Å². The van der Waals surface area contributed by atoms with Crippen LogP contribution in [0.1, 0.15) is 66.5 Å². The van der Waals surface area contributed by atoms with Gasteiger partial charge in [0.1, 0.15) is 5.82 Å². The third-order valence-electron chi connectivity index (χ3n) is 3.22. The molecule has 0 saturated heterocycles. The van der Waals surface area contributed by atoms with Crippen LogP contribution in [0.2, 0.25) is 0 Å². The van der Waals surface area contributed by atoms with Crippen LogP contribution in [0.25, 0.3) is 0 Å². The molecule has 0 aliphatic rings. The van der Waals surface area contributed by atoms with Crippen molar-refractivity contribution in [3.05, 3.63) is 71.5 Å². The second-order valence-corrected chi connectivity index (χ2v) is 8.59. The highest BCUT2D eigenvalue weighted by Crippen LogP contribution is 2.20. The summed E-state index contributed by atoms with van der Waals surface area (Å²) in [7, 11) is 0. The van der Waals surface area contributed by atoms with E-state index in [1.165, 1.54) is 23.3 Å². The lowest BCUT2D eigenvalue weighted by Gasteiger charge is -2.17. The van der Waals surface area contributed by atoms with Crippen molar-refractivity contribution in [2.24, 2.45) is 10.8 Å². The van der Waals surface area contributed by atoms with Gasteiger partial charge < -0.3 is 0 Å². The average Bonchev–Trinajstić information content (AvgIpc) is 2.50. The standard InChI is InChI=1S/C11H15F.C11H16.C2H6/c1-11(2,3)8-9-4-6-10(12)7-5-9;1-11(2,3)9-10-7-5-4-6-8-10;1-2/h4-7H,8H2,1-3H3;4-8H,9H2,1-3H3;1-2H3. The first-order valence-electron chi connectivity index (χ1n) is 9.34. The van der Waals surface area contributed by atoms with Gasteiger partial charge in [-0.05, 0) is 46.9 Å². The van der Waals surface area contributed by atoms with E-state index in [0.29, 0.717) is 5.41 Å². The van der Waals surface area contributed by atoms with Gasteiger partial charge in [0.2, 0.25) is 0 Å². The van der Waals surface area contributed by atoms with Crippen molar-refractivity contribution >= 4 is 0 Å². The second kappa shape index (κ2) is 11.1. The van der Waals surface area contributed by atoms with E-state index in [4.69, 9.17) is 0 Å². The highest BCUT2D eigenvalue weighted by molar-refractivity contribution is 5.17. The molecule has 0 fully saturated rings. The molecule has 2 rings (SSSR count). The maximum Gasteiger partial charge on any atom is 0.123 e. The van der Waals surface area contributed by atoms with Crippen molar-refractivity contribution in [2.45, 2.75) is 68.2 Å². The molecule has 0 amide bonds. The Kier molecular flexibility index (Phi) is 10.4. The molecule has 1 heteroatoms. The van der Waals surface area contributed by atoms with Crippen LogP contribution in [-0.4, -0.2) is 0 Å². The lowest BCUT2D eigenvalue weighted by molar-refractivity contribution is 0.410. The van der Waals surface area contributed by atoms with Gasteiger partial charge >= 0.3 is 0 Å². The maximum absolute atomic E-state index is 12.5. The number of hydrogen-bond acceptors (Lipinski definition) is 0. The van der Waals surface area contributed by atoms with Crippen molar-refractivity contribution in [2.75, 3.05) is 0 Å². The Labute approximate surface area is 155 Å². The topological polar surface area (TPSA) is 0 Å². The molecule has 0 bridgehead atoms. The van der Waals surface area contributed by atoms with E-state index >= 15 is 0 Å². The van der Waals surface area contributed by atoms with Crippen LogP contribution in [0, 0.1) is 16.6 Å². The Morgan fingerprint density at radius 2 is 0.960 bits per heavy atom. The Morgan fingerprint density at radius 1 is 0.600 bits per heavy atom. The molecule has 0 saturated carbocycles. The van der Waals surface area contributed by atoms with E-state index in [1.54, 1.807) is 0 Å². The summed E-state index contributed by atoms with van der Waals surface area (Å²) in [5.74, 6) is -0.160. The summed E-state index contributed by atoms with van der Waals surface area (Å²) in [5.41, 5.74) is 3.31. The van der Waals surface area contributed by atoms with E-state index in [9.17, 15) is 4.39 Å². The summed E-state index contributed by atoms with van der Waals surface area (Å²) in [4.78, 5) is 0. The van der Waals surface area contributed by atoms with Crippen LogP contribution in [0.4, 0.5) is 4.39 Å². The lowest BCUT2D eigenvalue weighted by atomic mass is 9.88. The summed E-state index contributed by atoms with van der Waals surface area (Å²) in [6.45, 7) is 17.3. The SMILES string of the molecule is CC.CC(C)(C)Cc1ccc(F)cc1.CC(C)(C)Cc1ccccc1. The van der Waals surface area contributed by atoms with Gasteiger partial charge in [0.25, 0.3) is 0 Å². The van der Waals surface area contributed by atoms with Crippen LogP contribution >= 0.6 is 0 Å². The Morgan fingerprint density at radius 3 is 1.32 bits per heavy atom. The fourth-order valence-electron chi connectivity index (χ4n) is 2.42. The van der Waals surface area contributed by atoms with Gasteiger partial charge in [0, 0.05) is 0 Å². The number of benzene rings is 2. The molecule has 0 nitrogen and oxygen atoms in total. The fraction of sp³-hybridized carbons (Fsp3) is 0.500. The molecule has 0 radical (unpaired) electrons. The Bertz CT molecular complexity index is 554. The molecule has 0 aliphatic heterocycles. The van der Waals surface area contributed by atoms with Gasteiger partial charge in [-0.25, -0.2) is 4.39 Å². The first kappa shape index (κ1) is 23.4. The summed E-state index contributed by atoms with van der Waals surface area (Å²) >= 11 is 0. The van der Waals surface area contributed by atoms with E-state index < -0.39 is 0 Å². The molecule has 0 N–H and O–H groups in total. The minimum Gasteiger partial charge on any atom is -0.207 e. The van der Waals surface area contributed by atoms with Gasteiger partial charge in [0.15, 0.2) is 0 Å². The van der Waals surface area contributed by atoms with E-state index in [0.717, 1.165) is 12.8 Å². The molecule has 25 heavy (non-hydrogen) atoms. The predicted octanol–water partition coefficient (Wildman–Crippen LogP) is 7.72. The molecule has 0 heterocycles. The molecule has 0 spiro atoms. The summed E-state index contributed by atoms with van der Waals surface area (Å²) in [6, 6.07) is 17.4. The minimum atomic E-state index is -0.160. The Hall–Kier alpha value is -1.63. The summed E-state index contributed by atoms with van der Waals surface area (Å²) in [5, 5.41) is 0. The third-order valence-corrected chi connectivity index (χ3v) is 3.22. The zero-order valence-corrected chi connectivity index (χ0v) is 17.5. The Balaban J connectivity index is 0.000000421. The normalized spacial score (nSPS) is 10.9. The molecule has 0 aliphatic carbocycles. The number of hydrogen-bond donors (Lipinski definition) is 0. The van der Waals surface area contributed by atoms with Crippen LogP contribution in [0.15, 0.2) is 54.6 Å². The molecular formula is C24H37F. The quantitative estimate of drug-likeness (QED) is 0.523. The second-order valence-electron chi connectivity index (χ2n) is 8.59. The van der Waals surface area contributed by atoms with Gasteiger partial charge in [-0.3, -0.25) is 0 Å². The molecular weight excluding hydrogens is 307 g/mol. The monoisotopic (exact) mass is 344 g/mol. The third kappa shape index (κ3) is 13.3. The van der Waals surface area contributed by atoms with E-state index in [1.807, 2.05) is 26.0 Å². The minimum absolute atomic E-state index is 0.160. The van der Waals surface area contributed by atoms with Crippen molar-refractivity contribution in [1.82, 2.24) is 0 Å². The highest BCUT2D eigenvalue weighted by Gasteiger charge is 2.11. The van der Waals surface area contributed by atoms with Gasteiger partial charge in [-0.15, -0.1) is 0 Å². The summed E-state index contributed by atoms with van der Waals surface area (Å²) < 4.78 is 12.5. The predicted molar refractivity (Wildman–Crippen MR) is 111 cm³/mol. The number of rotatable bonds is 2. The molecule has 0 atom stereocenters. The first-order valence-corrected chi connectivity index (χ1v) is 9.34. The maximum atomic E-state index is 12.5. The van der Waals surface area contributed by atoms with Gasteiger partial charge in [-0.1, -0.05) is 97.9 Å². The fourth-order valence-corrected chi connectivity index (χ4v) is 2.42. The van der Waals surface area contributed by atoms with Crippen LogP contribution in [0.5, 0.6) is 0 Å². The molecule has 2 aromatic rings. The van der Waals surface area contributed by atoms with Gasteiger partial charge in [-0.2, -0.15) is 0 Å².